The first-order valence-corrected chi connectivity index (χ1v) is 10.1. The zero-order chi connectivity index (χ0) is 24.3. The second kappa shape index (κ2) is 13.2. The minimum absolute atomic E-state index is 0.0124. The van der Waals surface area contributed by atoms with E-state index in [9.17, 15) is 34.2 Å². The number of carbonyl (C=O) groups excluding carboxylic acids is 3. The Labute approximate surface area is 189 Å². The number of phenolic OH excluding ortho intramolecular Hbond substituents is 1. The summed E-state index contributed by atoms with van der Waals surface area (Å²) >= 11 is 3.97. The monoisotopic (exact) mass is 470 g/mol. The van der Waals surface area contributed by atoms with Crippen LogP contribution in [0.2, 0.25) is 0 Å². The minimum Gasteiger partial charge on any atom is -0.508 e. The van der Waals surface area contributed by atoms with Gasteiger partial charge in [0, 0.05) is 18.6 Å². The number of amides is 3. The maximum Gasteiger partial charge on any atom is 0.326 e. The molecule has 3 amide bonds. The van der Waals surface area contributed by atoms with Gasteiger partial charge in [-0.25, -0.2) is 4.79 Å². The van der Waals surface area contributed by atoms with E-state index in [1.54, 1.807) is 0 Å². The van der Waals surface area contributed by atoms with Crippen molar-refractivity contribution in [1.82, 2.24) is 16.0 Å². The van der Waals surface area contributed by atoms with Crippen LogP contribution >= 0.6 is 12.6 Å². The molecule has 0 aliphatic carbocycles. The Hall–Kier alpha value is -3.32. The number of nitrogens with two attached hydrogens (primary N) is 1. The first-order valence-electron chi connectivity index (χ1n) is 9.50. The SMILES string of the molecule is NCC(=O)NC(CS)C(=O)NC(CCC(=O)O)C(=O)NC(Cc1ccc(O)cc1)C(=O)O. The molecule has 176 valence electrons. The van der Waals surface area contributed by atoms with Gasteiger partial charge in [-0.1, -0.05) is 12.1 Å². The van der Waals surface area contributed by atoms with Crippen LogP contribution in [0, 0.1) is 0 Å². The van der Waals surface area contributed by atoms with Crippen LogP contribution in [0.25, 0.3) is 0 Å². The third kappa shape index (κ3) is 9.22. The van der Waals surface area contributed by atoms with E-state index in [4.69, 9.17) is 10.8 Å². The molecule has 1 aromatic rings. The number of carbonyl (C=O) groups is 5. The summed E-state index contributed by atoms with van der Waals surface area (Å²) in [5, 5.41) is 34.6. The summed E-state index contributed by atoms with van der Waals surface area (Å²) in [5.74, 6) is -5.06. The summed E-state index contributed by atoms with van der Waals surface area (Å²) in [6.07, 6.45) is -0.913. The van der Waals surface area contributed by atoms with Crippen molar-refractivity contribution in [2.45, 2.75) is 37.4 Å². The predicted octanol–water partition coefficient (Wildman–Crippen LogP) is -1.77. The highest BCUT2D eigenvalue weighted by atomic mass is 32.1. The molecule has 0 aliphatic heterocycles. The van der Waals surface area contributed by atoms with Gasteiger partial charge in [0.2, 0.25) is 17.7 Å². The molecule has 8 N–H and O–H groups in total. The number of carboxylic acid groups (broad SMARTS) is 2. The number of carboxylic acids is 2. The minimum atomic E-state index is -1.38. The number of benzene rings is 1. The summed E-state index contributed by atoms with van der Waals surface area (Å²) in [7, 11) is 0. The molecule has 3 unspecified atom stereocenters. The molecule has 13 heteroatoms. The molecule has 1 aromatic carbocycles. The van der Waals surface area contributed by atoms with Gasteiger partial charge in [0.25, 0.3) is 0 Å². The standard InChI is InChI=1S/C19H26N4O8S/c20-8-15(25)21-14(9-32)18(29)22-12(5-6-16(26)27)17(28)23-13(19(30)31)7-10-1-3-11(24)4-2-10/h1-4,12-14,24,32H,5-9,20H2,(H,21,25)(H,22,29)(H,23,28)(H,26,27)(H,30,31). The number of hydrogen-bond donors (Lipinski definition) is 8. The normalized spacial score (nSPS) is 13.3. The van der Waals surface area contributed by atoms with Crippen molar-refractivity contribution in [1.29, 1.82) is 0 Å². The lowest BCUT2D eigenvalue weighted by Gasteiger charge is -2.23. The molecule has 12 nitrogen and oxygen atoms in total. The smallest absolute Gasteiger partial charge is 0.326 e. The van der Waals surface area contributed by atoms with E-state index in [0.717, 1.165) is 0 Å². The van der Waals surface area contributed by atoms with Crippen LogP contribution in [0.4, 0.5) is 0 Å². The topological polar surface area (TPSA) is 208 Å². The fraction of sp³-hybridized carbons (Fsp3) is 0.421. The zero-order valence-electron chi connectivity index (χ0n) is 17.0. The summed E-state index contributed by atoms with van der Waals surface area (Å²) in [6.45, 7) is -0.377. The zero-order valence-corrected chi connectivity index (χ0v) is 17.9. The molecule has 0 heterocycles. The van der Waals surface area contributed by atoms with Crippen LogP contribution in [0.1, 0.15) is 18.4 Å². The van der Waals surface area contributed by atoms with Gasteiger partial charge in [0.15, 0.2) is 0 Å². The first-order chi connectivity index (χ1) is 15.1. The van der Waals surface area contributed by atoms with Crippen LogP contribution in [0.15, 0.2) is 24.3 Å². The first kappa shape index (κ1) is 26.7. The number of hydrogen-bond acceptors (Lipinski definition) is 8. The Balaban J connectivity index is 2.94. The maximum atomic E-state index is 12.7. The molecule has 0 spiro atoms. The number of thiol groups is 1. The van der Waals surface area contributed by atoms with E-state index >= 15 is 0 Å². The van der Waals surface area contributed by atoms with E-state index in [2.05, 4.69) is 28.6 Å². The van der Waals surface area contributed by atoms with Crippen molar-refractivity contribution < 1.29 is 39.3 Å². The number of phenols is 1. The lowest BCUT2D eigenvalue weighted by Crippen LogP contribution is -2.57. The quantitative estimate of drug-likeness (QED) is 0.153. The molecular formula is C19H26N4O8S. The van der Waals surface area contributed by atoms with Crippen molar-refractivity contribution in [2.75, 3.05) is 12.3 Å². The van der Waals surface area contributed by atoms with Gasteiger partial charge in [0.05, 0.1) is 6.54 Å². The Bertz CT molecular complexity index is 833. The van der Waals surface area contributed by atoms with Gasteiger partial charge in [0.1, 0.15) is 23.9 Å². The average Bonchev–Trinajstić information content (AvgIpc) is 2.75. The fourth-order valence-corrected chi connectivity index (χ4v) is 2.85. The number of nitrogens with one attached hydrogen (secondary N) is 3. The predicted molar refractivity (Wildman–Crippen MR) is 115 cm³/mol. The van der Waals surface area contributed by atoms with E-state index in [-0.39, 0.29) is 30.9 Å². The molecule has 0 aromatic heterocycles. The molecule has 0 saturated carbocycles. The Morgan fingerprint density at radius 3 is 1.97 bits per heavy atom. The Kier molecular flexibility index (Phi) is 11.0. The third-order valence-electron chi connectivity index (χ3n) is 4.29. The summed E-state index contributed by atoms with van der Waals surface area (Å²) in [5.41, 5.74) is 5.71. The second-order valence-corrected chi connectivity index (χ2v) is 7.14. The number of aliphatic carboxylic acids is 2. The van der Waals surface area contributed by atoms with Gasteiger partial charge in [-0.15, -0.1) is 0 Å². The highest BCUT2D eigenvalue weighted by Gasteiger charge is 2.29. The summed E-state index contributed by atoms with van der Waals surface area (Å²) in [6, 6.07) is 1.79. The number of aromatic hydroxyl groups is 1. The van der Waals surface area contributed by atoms with E-state index in [0.29, 0.717) is 5.56 Å². The lowest BCUT2D eigenvalue weighted by molar-refractivity contribution is -0.143. The van der Waals surface area contributed by atoms with E-state index in [1.165, 1.54) is 24.3 Å². The molecule has 0 bridgehead atoms. The molecule has 32 heavy (non-hydrogen) atoms. The van der Waals surface area contributed by atoms with Gasteiger partial charge in [-0.2, -0.15) is 12.6 Å². The largest absolute Gasteiger partial charge is 0.508 e. The molecule has 0 aliphatic rings. The van der Waals surface area contributed by atoms with Crippen molar-refractivity contribution in [3.63, 3.8) is 0 Å². The van der Waals surface area contributed by atoms with Crippen molar-refractivity contribution in [3.8, 4) is 5.75 Å². The lowest BCUT2D eigenvalue weighted by atomic mass is 10.0. The molecular weight excluding hydrogens is 444 g/mol. The van der Waals surface area contributed by atoms with Gasteiger partial charge in [-0.05, 0) is 24.1 Å². The van der Waals surface area contributed by atoms with Crippen LogP contribution in [0.5, 0.6) is 5.75 Å². The molecule has 0 radical (unpaired) electrons. The highest BCUT2D eigenvalue weighted by molar-refractivity contribution is 7.80. The summed E-state index contributed by atoms with van der Waals surface area (Å²) < 4.78 is 0. The molecule has 0 saturated heterocycles. The Morgan fingerprint density at radius 1 is 0.906 bits per heavy atom. The van der Waals surface area contributed by atoms with Crippen molar-refractivity contribution >= 4 is 42.3 Å². The Morgan fingerprint density at radius 2 is 1.47 bits per heavy atom. The highest BCUT2D eigenvalue weighted by Crippen LogP contribution is 2.12. The van der Waals surface area contributed by atoms with Crippen LogP contribution in [-0.4, -0.2) is 75.4 Å². The van der Waals surface area contributed by atoms with Crippen molar-refractivity contribution in [2.24, 2.45) is 5.73 Å². The third-order valence-corrected chi connectivity index (χ3v) is 4.66. The number of rotatable bonds is 13. The summed E-state index contributed by atoms with van der Waals surface area (Å²) in [4.78, 5) is 59.1. The van der Waals surface area contributed by atoms with Crippen molar-refractivity contribution in [3.05, 3.63) is 29.8 Å². The van der Waals surface area contributed by atoms with Gasteiger partial charge >= 0.3 is 11.9 Å². The molecule has 3 atom stereocenters. The van der Waals surface area contributed by atoms with Crippen LogP contribution in [-0.2, 0) is 30.4 Å². The van der Waals surface area contributed by atoms with Gasteiger partial charge in [-0.3, -0.25) is 19.2 Å². The van der Waals surface area contributed by atoms with E-state index in [1.807, 2.05) is 0 Å². The second-order valence-electron chi connectivity index (χ2n) is 6.77. The van der Waals surface area contributed by atoms with E-state index < -0.39 is 54.2 Å². The molecule has 0 fully saturated rings. The van der Waals surface area contributed by atoms with Gasteiger partial charge < -0.3 is 37.0 Å². The molecule has 1 rings (SSSR count). The average molecular weight is 471 g/mol. The van der Waals surface area contributed by atoms with Crippen LogP contribution < -0.4 is 21.7 Å². The maximum absolute atomic E-state index is 12.7. The van der Waals surface area contributed by atoms with Crippen LogP contribution in [0.3, 0.4) is 0 Å². The fourth-order valence-electron chi connectivity index (χ4n) is 2.60.